The zero-order valence-corrected chi connectivity index (χ0v) is 7.33. The normalized spacial score (nSPS) is 49.1. The molecular weight excluding hydrogens is 138 g/mol. The zero-order valence-electron chi connectivity index (χ0n) is 7.33. The minimum atomic E-state index is 0.00106. The van der Waals surface area contributed by atoms with Gasteiger partial charge in [0.2, 0.25) is 0 Å². The van der Waals surface area contributed by atoms with Crippen LogP contribution < -0.4 is 0 Å². The van der Waals surface area contributed by atoms with Crippen LogP contribution in [-0.4, -0.2) is 36.2 Å². The van der Waals surface area contributed by atoms with Gasteiger partial charge in [-0.05, 0) is 39.3 Å². The van der Waals surface area contributed by atoms with E-state index in [1.807, 2.05) is 0 Å². The molecule has 2 rings (SSSR count). The lowest BCUT2D eigenvalue weighted by atomic mass is 9.92. The number of fused-ring (bicyclic) bond motifs is 2. The smallest absolute Gasteiger partial charge is 0.0586 e. The van der Waals surface area contributed by atoms with Crippen molar-refractivity contribution in [2.24, 2.45) is 11.8 Å². The van der Waals surface area contributed by atoms with Crippen LogP contribution in [-0.2, 0) is 0 Å². The fourth-order valence-electron chi connectivity index (χ4n) is 2.87. The van der Waals surface area contributed by atoms with Crippen molar-refractivity contribution in [1.29, 1.82) is 0 Å². The van der Waals surface area contributed by atoms with E-state index in [2.05, 4.69) is 19.0 Å². The second-order valence-electron chi connectivity index (χ2n) is 4.34. The Bertz CT molecular complexity index is 158. The molecule has 64 valence electrons. The number of hydrogen-bond acceptors (Lipinski definition) is 2. The summed E-state index contributed by atoms with van der Waals surface area (Å²) in [4.78, 5) is 2.27. The largest absolute Gasteiger partial charge is 0.393 e. The fourth-order valence-corrected chi connectivity index (χ4v) is 2.87. The quantitative estimate of drug-likeness (QED) is 0.602. The summed E-state index contributed by atoms with van der Waals surface area (Å²) in [6.07, 6.45) is 3.65. The van der Waals surface area contributed by atoms with Crippen molar-refractivity contribution in [3.8, 4) is 0 Å². The fraction of sp³-hybridized carbons (Fsp3) is 1.00. The highest BCUT2D eigenvalue weighted by molar-refractivity contribution is 4.98. The molecular formula is C9H17NO. The van der Waals surface area contributed by atoms with Gasteiger partial charge in [-0.2, -0.15) is 0 Å². The Balaban J connectivity index is 2.06. The predicted molar refractivity (Wildman–Crippen MR) is 44.3 cm³/mol. The van der Waals surface area contributed by atoms with E-state index >= 15 is 0 Å². The van der Waals surface area contributed by atoms with Gasteiger partial charge >= 0.3 is 0 Å². The third kappa shape index (κ3) is 1.09. The van der Waals surface area contributed by atoms with Crippen molar-refractivity contribution >= 4 is 0 Å². The molecule has 1 N–H and O–H groups in total. The average molecular weight is 155 g/mol. The first-order valence-corrected chi connectivity index (χ1v) is 4.53. The summed E-state index contributed by atoms with van der Waals surface area (Å²) in [5.74, 6) is 1.40. The van der Waals surface area contributed by atoms with E-state index in [0.717, 1.165) is 12.3 Å². The molecule has 0 aromatic rings. The molecule has 0 aromatic heterocycles. The first-order chi connectivity index (χ1) is 5.18. The van der Waals surface area contributed by atoms with Crippen molar-refractivity contribution in [1.82, 2.24) is 4.90 Å². The SMILES string of the molecule is CN(C)[C@@H]1C[C@H]2C[C@@H]1[C@H](O)C2. The summed E-state index contributed by atoms with van der Waals surface area (Å²) in [6, 6.07) is 0.656. The molecule has 0 heterocycles. The van der Waals surface area contributed by atoms with Crippen molar-refractivity contribution in [2.45, 2.75) is 31.4 Å². The molecule has 2 saturated carbocycles. The Morgan fingerprint density at radius 2 is 1.91 bits per heavy atom. The van der Waals surface area contributed by atoms with Gasteiger partial charge in [0.1, 0.15) is 0 Å². The molecule has 2 fully saturated rings. The number of hydrogen-bond donors (Lipinski definition) is 1. The number of aliphatic hydroxyl groups is 1. The lowest BCUT2D eigenvalue weighted by Crippen LogP contribution is -2.38. The second-order valence-corrected chi connectivity index (χ2v) is 4.34. The van der Waals surface area contributed by atoms with Gasteiger partial charge in [-0.25, -0.2) is 0 Å². The molecule has 0 amide bonds. The summed E-state index contributed by atoms with van der Waals surface area (Å²) in [6.45, 7) is 0. The molecule has 2 aliphatic rings. The highest BCUT2D eigenvalue weighted by atomic mass is 16.3. The highest BCUT2D eigenvalue weighted by Crippen LogP contribution is 2.46. The zero-order chi connectivity index (χ0) is 8.01. The molecule has 2 nitrogen and oxygen atoms in total. The standard InChI is InChI=1S/C9H17NO/c1-10(2)8-4-6-3-7(8)9(11)5-6/h6-9,11H,3-5H2,1-2H3/t6-,7+,8-,9-/m1/s1. The molecule has 0 spiro atoms. The number of aliphatic hydroxyl groups excluding tert-OH is 1. The maximum Gasteiger partial charge on any atom is 0.0586 e. The van der Waals surface area contributed by atoms with E-state index in [0.29, 0.717) is 12.0 Å². The molecule has 0 unspecified atom stereocenters. The minimum absolute atomic E-state index is 0.00106. The van der Waals surface area contributed by atoms with E-state index in [9.17, 15) is 5.11 Å². The Kier molecular flexibility index (Phi) is 1.69. The summed E-state index contributed by atoms with van der Waals surface area (Å²) >= 11 is 0. The number of nitrogens with zero attached hydrogens (tertiary/aromatic N) is 1. The van der Waals surface area contributed by atoms with E-state index in [4.69, 9.17) is 0 Å². The van der Waals surface area contributed by atoms with Gasteiger partial charge < -0.3 is 10.0 Å². The van der Waals surface area contributed by atoms with Crippen molar-refractivity contribution in [3.05, 3.63) is 0 Å². The highest BCUT2D eigenvalue weighted by Gasteiger charge is 2.46. The predicted octanol–water partition coefficient (Wildman–Crippen LogP) is 0.707. The van der Waals surface area contributed by atoms with Gasteiger partial charge in [0.15, 0.2) is 0 Å². The summed E-state index contributed by atoms with van der Waals surface area (Å²) in [5.41, 5.74) is 0. The van der Waals surface area contributed by atoms with Crippen molar-refractivity contribution in [2.75, 3.05) is 14.1 Å². The van der Waals surface area contributed by atoms with Crippen LogP contribution in [0.15, 0.2) is 0 Å². The van der Waals surface area contributed by atoms with Crippen molar-refractivity contribution < 1.29 is 5.11 Å². The van der Waals surface area contributed by atoms with Crippen LogP contribution in [0.5, 0.6) is 0 Å². The first kappa shape index (κ1) is 7.56. The summed E-state index contributed by atoms with van der Waals surface area (Å²) in [7, 11) is 4.25. The van der Waals surface area contributed by atoms with Crippen LogP contribution in [0.4, 0.5) is 0 Å². The van der Waals surface area contributed by atoms with Crippen LogP contribution in [0.2, 0.25) is 0 Å². The van der Waals surface area contributed by atoms with Crippen LogP contribution in [0.1, 0.15) is 19.3 Å². The minimum Gasteiger partial charge on any atom is -0.393 e. The monoisotopic (exact) mass is 155 g/mol. The van der Waals surface area contributed by atoms with Gasteiger partial charge in [-0.3, -0.25) is 0 Å². The molecule has 2 heteroatoms. The molecule has 11 heavy (non-hydrogen) atoms. The average Bonchev–Trinajstić information content (AvgIpc) is 2.43. The molecule has 0 saturated heterocycles. The topological polar surface area (TPSA) is 23.5 Å². The molecule has 0 radical (unpaired) electrons. The molecule has 2 aliphatic carbocycles. The summed E-state index contributed by atoms with van der Waals surface area (Å²) < 4.78 is 0. The third-order valence-corrected chi connectivity index (χ3v) is 3.41. The van der Waals surface area contributed by atoms with Crippen LogP contribution in [0.25, 0.3) is 0 Å². The van der Waals surface area contributed by atoms with Gasteiger partial charge in [-0.15, -0.1) is 0 Å². The maximum absolute atomic E-state index is 9.61. The van der Waals surface area contributed by atoms with E-state index in [1.165, 1.54) is 12.8 Å². The molecule has 0 aliphatic heterocycles. The van der Waals surface area contributed by atoms with Gasteiger partial charge in [0, 0.05) is 12.0 Å². The lowest BCUT2D eigenvalue weighted by Gasteiger charge is -2.31. The van der Waals surface area contributed by atoms with Gasteiger partial charge in [0.05, 0.1) is 6.10 Å². The van der Waals surface area contributed by atoms with Crippen LogP contribution in [0, 0.1) is 11.8 Å². The molecule has 2 bridgehead atoms. The summed E-state index contributed by atoms with van der Waals surface area (Å²) in [5, 5.41) is 9.61. The first-order valence-electron chi connectivity index (χ1n) is 4.53. The second kappa shape index (κ2) is 2.46. The van der Waals surface area contributed by atoms with Gasteiger partial charge in [0.25, 0.3) is 0 Å². The van der Waals surface area contributed by atoms with E-state index < -0.39 is 0 Å². The molecule has 4 atom stereocenters. The number of rotatable bonds is 1. The van der Waals surface area contributed by atoms with Crippen molar-refractivity contribution in [3.63, 3.8) is 0 Å². The van der Waals surface area contributed by atoms with E-state index in [1.54, 1.807) is 0 Å². The van der Waals surface area contributed by atoms with E-state index in [-0.39, 0.29) is 6.10 Å². The Morgan fingerprint density at radius 1 is 1.18 bits per heavy atom. The Labute approximate surface area is 68.2 Å². The van der Waals surface area contributed by atoms with Crippen LogP contribution in [0.3, 0.4) is 0 Å². The lowest BCUT2D eigenvalue weighted by molar-refractivity contribution is 0.0621. The molecule has 0 aromatic carbocycles. The maximum atomic E-state index is 9.61. The Hall–Kier alpha value is -0.0800. The third-order valence-electron chi connectivity index (χ3n) is 3.41. The Morgan fingerprint density at radius 3 is 2.27 bits per heavy atom. The van der Waals surface area contributed by atoms with Gasteiger partial charge in [-0.1, -0.05) is 0 Å². The van der Waals surface area contributed by atoms with Crippen LogP contribution >= 0.6 is 0 Å².